The zero-order valence-electron chi connectivity index (χ0n) is 14.3. The number of rotatable bonds is 10. The fourth-order valence-corrected chi connectivity index (χ4v) is 2.73. The van der Waals surface area contributed by atoms with Crippen LogP contribution in [0.5, 0.6) is 11.5 Å². The van der Waals surface area contributed by atoms with Gasteiger partial charge in [0.2, 0.25) is 0 Å². The summed E-state index contributed by atoms with van der Waals surface area (Å²) >= 11 is 0. The van der Waals surface area contributed by atoms with Gasteiger partial charge in [-0.1, -0.05) is 6.07 Å². The Morgan fingerprint density at radius 1 is 1.08 bits per heavy atom. The van der Waals surface area contributed by atoms with E-state index in [1.54, 1.807) is 0 Å². The normalized spacial score (nSPS) is 13.5. The second kappa shape index (κ2) is 9.02. The van der Waals surface area contributed by atoms with Crippen molar-refractivity contribution in [3.63, 3.8) is 0 Å². The summed E-state index contributed by atoms with van der Waals surface area (Å²) in [7, 11) is 0. The highest BCUT2D eigenvalue weighted by atomic mass is 19.3. The topological polar surface area (TPSA) is 89.8 Å². The van der Waals surface area contributed by atoms with Crippen molar-refractivity contribution in [3.8, 4) is 29.7 Å². The van der Waals surface area contributed by atoms with Gasteiger partial charge in [0.05, 0.1) is 30.2 Å². The zero-order chi connectivity index (χ0) is 19.0. The Labute approximate surface area is 151 Å². The fourth-order valence-electron chi connectivity index (χ4n) is 2.73. The number of hydrogen-bond acceptors (Lipinski definition) is 5. The average Bonchev–Trinajstić information content (AvgIpc) is 3.46. The second-order valence-corrected chi connectivity index (χ2v) is 6.30. The van der Waals surface area contributed by atoms with Crippen LogP contribution in [0.2, 0.25) is 0 Å². The van der Waals surface area contributed by atoms with Gasteiger partial charge in [0.25, 0.3) is 0 Å². The maximum absolute atomic E-state index is 12.6. The molecular weight excluding hydrogens is 340 g/mol. The van der Waals surface area contributed by atoms with E-state index in [0.29, 0.717) is 18.1 Å². The first kappa shape index (κ1) is 19.5. The van der Waals surface area contributed by atoms with Gasteiger partial charge in [0, 0.05) is 12.8 Å². The third kappa shape index (κ3) is 5.07. The van der Waals surface area contributed by atoms with Crippen LogP contribution in [0.25, 0.3) is 0 Å². The van der Waals surface area contributed by atoms with Gasteiger partial charge in [0.15, 0.2) is 11.5 Å². The summed E-state index contributed by atoms with van der Waals surface area (Å²) in [5, 5.41) is 27.5. The van der Waals surface area contributed by atoms with Gasteiger partial charge < -0.3 is 9.47 Å². The minimum absolute atomic E-state index is 0.0863. The number of benzene rings is 1. The van der Waals surface area contributed by atoms with Crippen molar-refractivity contribution < 1.29 is 18.3 Å². The number of halogens is 2. The lowest BCUT2D eigenvalue weighted by Gasteiger charge is -2.26. The standard InChI is InChI=1S/C19H19F2N3O2/c20-18(21)26-16-6-5-15(11-17(16)25-12-14-3-4-14)19(13-24,7-1-9-22)8-2-10-23/h5-6,11,14,18H,1-4,7-8,12H2. The summed E-state index contributed by atoms with van der Waals surface area (Å²) in [6.45, 7) is -2.58. The van der Waals surface area contributed by atoms with Crippen molar-refractivity contribution >= 4 is 0 Å². The van der Waals surface area contributed by atoms with Crippen molar-refractivity contribution in [1.29, 1.82) is 15.8 Å². The SMILES string of the molecule is N#CCCC(C#N)(CCC#N)c1ccc(OC(F)F)c(OCC2CC2)c1. The molecule has 1 fully saturated rings. The molecule has 7 heteroatoms. The maximum atomic E-state index is 12.6. The monoisotopic (exact) mass is 359 g/mol. The maximum Gasteiger partial charge on any atom is 0.387 e. The van der Waals surface area contributed by atoms with Crippen LogP contribution in [0.15, 0.2) is 18.2 Å². The molecule has 5 nitrogen and oxygen atoms in total. The molecule has 26 heavy (non-hydrogen) atoms. The van der Waals surface area contributed by atoms with E-state index < -0.39 is 12.0 Å². The van der Waals surface area contributed by atoms with E-state index in [2.05, 4.69) is 10.8 Å². The first-order chi connectivity index (χ1) is 12.5. The van der Waals surface area contributed by atoms with Crippen molar-refractivity contribution in [1.82, 2.24) is 0 Å². The molecule has 1 saturated carbocycles. The highest BCUT2D eigenvalue weighted by Gasteiger charge is 2.33. The Kier molecular flexibility index (Phi) is 6.75. The lowest BCUT2D eigenvalue weighted by atomic mass is 9.74. The van der Waals surface area contributed by atoms with Gasteiger partial charge in [-0.2, -0.15) is 24.6 Å². The van der Waals surface area contributed by atoms with E-state index in [4.69, 9.17) is 15.3 Å². The molecule has 0 atom stereocenters. The summed E-state index contributed by atoms with van der Waals surface area (Å²) in [5.41, 5.74) is -0.509. The third-order valence-electron chi connectivity index (χ3n) is 4.42. The lowest BCUT2D eigenvalue weighted by Crippen LogP contribution is -2.24. The molecule has 0 aliphatic heterocycles. The van der Waals surface area contributed by atoms with Gasteiger partial charge >= 0.3 is 6.61 Å². The number of nitriles is 3. The molecule has 0 aromatic heterocycles. The number of alkyl halides is 2. The van der Waals surface area contributed by atoms with E-state index in [0.717, 1.165) is 12.8 Å². The van der Waals surface area contributed by atoms with Gasteiger partial charge in [0.1, 0.15) is 0 Å². The van der Waals surface area contributed by atoms with Crippen LogP contribution >= 0.6 is 0 Å². The Bertz CT molecular complexity index is 725. The molecule has 0 radical (unpaired) electrons. The van der Waals surface area contributed by atoms with Crippen LogP contribution in [0, 0.1) is 39.9 Å². The second-order valence-electron chi connectivity index (χ2n) is 6.30. The molecule has 1 aliphatic carbocycles. The minimum atomic E-state index is -2.98. The molecule has 136 valence electrons. The molecule has 0 heterocycles. The molecule has 1 aliphatic rings. The van der Waals surface area contributed by atoms with Crippen LogP contribution < -0.4 is 9.47 Å². The van der Waals surface area contributed by atoms with Gasteiger partial charge in [-0.15, -0.1) is 0 Å². The molecule has 0 saturated heterocycles. The van der Waals surface area contributed by atoms with E-state index >= 15 is 0 Å². The summed E-state index contributed by atoms with van der Waals surface area (Å²) < 4.78 is 35.5. The number of ether oxygens (including phenoxy) is 2. The van der Waals surface area contributed by atoms with E-state index in [1.165, 1.54) is 18.2 Å². The molecule has 1 aromatic carbocycles. The summed E-state index contributed by atoms with van der Waals surface area (Å²) in [5.74, 6) is 0.482. The van der Waals surface area contributed by atoms with Crippen LogP contribution in [-0.4, -0.2) is 13.2 Å². The van der Waals surface area contributed by atoms with Crippen LogP contribution in [-0.2, 0) is 5.41 Å². The molecule has 1 aromatic rings. The molecule has 0 spiro atoms. The quantitative estimate of drug-likeness (QED) is 0.616. The predicted molar refractivity (Wildman–Crippen MR) is 88.3 cm³/mol. The molecular formula is C19H19F2N3O2. The van der Waals surface area contributed by atoms with Crippen molar-refractivity contribution in [2.24, 2.45) is 5.92 Å². The summed E-state index contributed by atoms with van der Waals surface area (Å²) in [6.07, 6.45) is 2.87. The molecule has 0 unspecified atom stereocenters. The Morgan fingerprint density at radius 3 is 2.23 bits per heavy atom. The van der Waals surface area contributed by atoms with Gasteiger partial charge in [-0.05, 0) is 49.3 Å². The Morgan fingerprint density at radius 2 is 1.73 bits per heavy atom. The minimum Gasteiger partial charge on any atom is -0.489 e. The van der Waals surface area contributed by atoms with Crippen molar-refractivity contribution in [2.45, 2.75) is 50.6 Å². The van der Waals surface area contributed by atoms with Gasteiger partial charge in [-0.3, -0.25) is 0 Å². The first-order valence-corrected chi connectivity index (χ1v) is 8.42. The Hall–Kier alpha value is -2.85. The summed E-state index contributed by atoms with van der Waals surface area (Å²) in [4.78, 5) is 0. The third-order valence-corrected chi connectivity index (χ3v) is 4.42. The van der Waals surface area contributed by atoms with E-state index in [1.807, 2.05) is 12.1 Å². The highest BCUT2D eigenvalue weighted by Crippen LogP contribution is 2.40. The van der Waals surface area contributed by atoms with Crippen LogP contribution in [0.4, 0.5) is 8.78 Å². The Balaban J connectivity index is 2.36. The predicted octanol–water partition coefficient (Wildman–Crippen LogP) is 4.45. The van der Waals surface area contributed by atoms with Crippen LogP contribution in [0.3, 0.4) is 0 Å². The van der Waals surface area contributed by atoms with E-state index in [-0.39, 0.29) is 37.2 Å². The molecule has 0 amide bonds. The first-order valence-electron chi connectivity index (χ1n) is 8.42. The fraction of sp³-hybridized carbons (Fsp3) is 0.526. The average molecular weight is 359 g/mol. The van der Waals surface area contributed by atoms with Crippen molar-refractivity contribution in [2.75, 3.05) is 6.61 Å². The number of hydrogen-bond donors (Lipinski definition) is 0. The smallest absolute Gasteiger partial charge is 0.387 e. The zero-order valence-corrected chi connectivity index (χ0v) is 14.3. The largest absolute Gasteiger partial charge is 0.489 e. The summed E-state index contributed by atoms with van der Waals surface area (Å²) in [6, 6.07) is 10.7. The van der Waals surface area contributed by atoms with Crippen molar-refractivity contribution in [3.05, 3.63) is 23.8 Å². The van der Waals surface area contributed by atoms with Crippen LogP contribution in [0.1, 0.15) is 44.1 Å². The van der Waals surface area contributed by atoms with E-state index in [9.17, 15) is 14.0 Å². The molecule has 0 bridgehead atoms. The van der Waals surface area contributed by atoms with Gasteiger partial charge in [-0.25, -0.2) is 0 Å². The highest BCUT2D eigenvalue weighted by molar-refractivity contribution is 5.47. The molecule has 2 rings (SSSR count). The number of nitrogens with zero attached hydrogens (tertiary/aromatic N) is 3. The molecule has 0 N–H and O–H groups in total. The lowest BCUT2D eigenvalue weighted by molar-refractivity contribution is -0.0515.